The lowest BCUT2D eigenvalue weighted by Gasteiger charge is -2.38. The summed E-state index contributed by atoms with van der Waals surface area (Å²) >= 11 is 0. The van der Waals surface area contributed by atoms with Gasteiger partial charge in [0.1, 0.15) is 0 Å². The molecule has 0 heterocycles. The average Bonchev–Trinajstić information content (AvgIpc) is 2.39. The lowest BCUT2D eigenvalue weighted by Crippen LogP contribution is -2.35. The quantitative estimate of drug-likeness (QED) is 0.856. The Morgan fingerprint density at radius 2 is 1.90 bits per heavy atom. The summed E-state index contributed by atoms with van der Waals surface area (Å²) in [6.07, 6.45) is 3.33. The summed E-state index contributed by atoms with van der Waals surface area (Å²) in [6.45, 7) is 6.65. The standard InChI is InChI=1S/C16H26NO2P/c1-12(2)15-10-9-13(3)11-16(15)19-20(17,18)14-7-5-4-6-8-14/h4-8,12-13,15-16H,9-11H2,1-3H3,(H2,17,18)/t13-,15+,16-,20-/m1/s1. The molecule has 1 aliphatic carbocycles. The van der Waals surface area contributed by atoms with Crippen molar-refractivity contribution >= 4 is 12.8 Å². The van der Waals surface area contributed by atoms with E-state index in [1.165, 1.54) is 6.42 Å². The molecule has 1 saturated carbocycles. The van der Waals surface area contributed by atoms with Crippen LogP contribution in [0.1, 0.15) is 40.0 Å². The van der Waals surface area contributed by atoms with Crippen molar-refractivity contribution < 1.29 is 9.09 Å². The number of rotatable bonds is 4. The van der Waals surface area contributed by atoms with Crippen molar-refractivity contribution in [2.45, 2.75) is 46.1 Å². The molecule has 0 aliphatic heterocycles. The molecule has 2 N–H and O–H groups in total. The maximum Gasteiger partial charge on any atom is 0.297 e. The van der Waals surface area contributed by atoms with E-state index in [4.69, 9.17) is 10.0 Å². The molecule has 1 fully saturated rings. The number of hydrogen-bond donors (Lipinski definition) is 1. The zero-order valence-corrected chi connectivity index (χ0v) is 13.6. The highest BCUT2D eigenvalue weighted by Gasteiger charge is 2.36. The molecule has 1 aromatic carbocycles. The van der Waals surface area contributed by atoms with E-state index in [-0.39, 0.29) is 6.10 Å². The average molecular weight is 295 g/mol. The van der Waals surface area contributed by atoms with Crippen molar-refractivity contribution in [3.63, 3.8) is 0 Å². The zero-order valence-electron chi connectivity index (χ0n) is 12.7. The van der Waals surface area contributed by atoms with E-state index in [9.17, 15) is 4.57 Å². The molecule has 112 valence electrons. The van der Waals surface area contributed by atoms with Crippen molar-refractivity contribution in [1.29, 1.82) is 0 Å². The smallest absolute Gasteiger partial charge is 0.297 e. The van der Waals surface area contributed by atoms with Crippen molar-refractivity contribution in [1.82, 2.24) is 0 Å². The zero-order chi connectivity index (χ0) is 14.8. The van der Waals surface area contributed by atoms with E-state index in [0.29, 0.717) is 23.1 Å². The minimum atomic E-state index is -3.22. The second kappa shape index (κ2) is 6.43. The van der Waals surface area contributed by atoms with Gasteiger partial charge in [-0.2, -0.15) is 0 Å². The van der Waals surface area contributed by atoms with Crippen molar-refractivity contribution in [3.8, 4) is 0 Å². The summed E-state index contributed by atoms with van der Waals surface area (Å²) in [5, 5.41) is 0.612. The second-order valence-electron chi connectivity index (χ2n) is 6.40. The molecule has 0 bridgehead atoms. The molecule has 0 aromatic heterocycles. The molecule has 1 aliphatic rings. The Morgan fingerprint density at radius 3 is 2.50 bits per heavy atom. The molecular formula is C16H26NO2P. The van der Waals surface area contributed by atoms with Gasteiger partial charge in [0, 0.05) is 0 Å². The van der Waals surface area contributed by atoms with Crippen LogP contribution in [0.2, 0.25) is 0 Å². The SMILES string of the molecule is CC(C)[C@@H]1CC[C@@H](C)C[C@H]1O[P@](N)(=O)c1ccccc1. The van der Waals surface area contributed by atoms with Gasteiger partial charge in [0.05, 0.1) is 11.4 Å². The van der Waals surface area contributed by atoms with Crippen LogP contribution in [0, 0.1) is 17.8 Å². The van der Waals surface area contributed by atoms with E-state index < -0.39 is 7.52 Å². The third-order valence-corrected chi connectivity index (χ3v) is 5.97. The first kappa shape index (κ1) is 15.8. The van der Waals surface area contributed by atoms with Gasteiger partial charge in [0.25, 0.3) is 7.52 Å². The van der Waals surface area contributed by atoms with Gasteiger partial charge < -0.3 is 4.52 Å². The van der Waals surface area contributed by atoms with Crippen LogP contribution in [-0.2, 0) is 9.09 Å². The molecule has 20 heavy (non-hydrogen) atoms. The van der Waals surface area contributed by atoms with Crippen LogP contribution in [0.15, 0.2) is 30.3 Å². The third kappa shape index (κ3) is 3.72. The summed E-state index contributed by atoms with van der Waals surface area (Å²) in [5.74, 6) is 1.60. The number of hydrogen-bond acceptors (Lipinski definition) is 2. The van der Waals surface area contributed by atoms with Gasteiger partial charge in [-0.1, -0.05) is 45.4 Å². The lowest BCUT2D eigenvalue weighted by molar-refractivity contribution is 0.0498. The number of nitrogens with two attached hydrogens (primary N) is 1. The first-order valence-corrected chi connectivity index (χ1v) is 9.22. The van der Waals surface area contributed by atoms with Crippen molar-refractivity contribution in [2.75, 3.05) is 0 Å². The Bertz CT molecular complexity index is 475. The van der Waals surface area contributed by atoms with Crippen LogP contribution >= 0.6 is 7.52 Å². The molecule has 1 aromatic rings. The largest absolute Gasteiger partial charge is 0.311 e. The Kier molecular flexibility index (Phi) is 5.06. The highest BCUT2D eigenvalue weighted by molar-refractivity contribution is 7.64. The van der Waals surface area contributed by atoms with Gasteiger partial charge >= 0.3 is 0 Å². The van der Waals surface area contributed by atoms with Crippen LogP contribution in [-0.4, -0.2) is 6.10 Å². The lowest BCUT2D eigenvalue weighted by atomic mass is 9.75. The van der Waals surface area contributed by atoms with E-state index in [1.54, 1.807) is 12.1 Å². The summed E-state index contributed by atoms with van der Waals surface area (Å²) < 4.78 is 18.7. The second-order valence-corrected chi connectivity index (χ2v) is 8.32. The van der Waals surface area contributed by atoms with E-state index in [2.05, 4.69) is 20.8 Å². The fraction of sp³-hybridized carbons (Fsp3) is 0.625. The molecule has 4 atom stereocenters. The first-order chi connectivity index (χ1) is 9.40. The molecular weight excluding hydrogens is 269 g/mol. The van der Waals surface area contributed by atoms with Crippen LogP contribution in [0.5, 0.6) is 0 Å². The van der Waals surface area contributed by atoms with Crippen molar-refractivity contribution in [3.05, 3.63) is 30.3 Å². The van der Waals surface area contributed by atoms with Gasteiger partial charge in [-0.25, -0.2) is 0 Å². The maximum absolute atomic E-state index is 12.7. The highest BCUT2D eigenvalue weighted by atomic mass is 31.2. The number of benzene rings is 1. The Morgan fingerprint density at radius 1 is 1.25 bits per heavy atom. The van der Waals surface area contributed by atoms with Crippen LogP contribution < -0.4 is 10.8 Å². The topological polar surface area (TPSA) is 52.3 Å². The predicted molar refractivity (Wildman–Crippen MR) is 84.1 cm³/mol. The van der Waals surface area contributed by atoms with Gasteiger partial charge in [-0.3, -0.25) is 10.1 Å². The van der Waals surface area contributed by atoms with Crippen LogP contribution in [0.25, 0.3) is 0 Å². The molecule has 2 rings (SSSR count). The maximum atomic E-state index is 12.7. The summed E-state index contributed by atoms with van der Waals surface area (Å²) in [4.78, 5) is 0. The predicted octanol–water partition coefficient (Wildman–Crippen LogP) is 3.94. The normalized spacial score (nSPS) is 30.1. The minimum absolute atomic E-state index is 0.00906. The van der Waals surface area contributed by atoms with E-state index in [0.717, 1.165) is 12.8 Å². The molecule has 0 saturated heterocycles. The minimum Gasteiger partial charge on any atom is -0.311 e. The molecule has 0 radical (unpaired) electrons. The summed E-state index contributed by atoms with van der Waals surface area (Å²) in [6, 6.07) is 9.17. The highest BCUT2D eigenvalue weighted by Crippen LogP contribution is 2.45. The van der Waals surface area contributed by atoms with Gasteiger partial charge in [0.15, 0.2) is 0 Å². The first-order valence-electron chi connectivity index (χ1n) is 7.53. The summed E-state index contributed by atoms with van der Waals surface area (Å²) in [5.41, 5.74) is 6.01. The van der Waals surface area contributed by atoms with E-state index in [1.807, 2.05) is 18.2 Å². The monoisotopic (exact) mass is 295 g/mol. The Hall–Kier alpha value is -0.630. The third-order valence-electron chi connectivity index (χ3n) is 4.37. The fourth-order valence-corrected chi connectivity index (χ4v) is 4.49. The fourth-order valence-electron chi connectivity index (χ4n) is 3.13. The molecule has 3 nitrogen and oxygen atoms in total. The van der Waals surface area contributed by atoms with Crippen LogP contribution in [0.4, 0.5) is 0 Å². The van der Waals surface area contributed by atoms with Gasteiger partial charge in [-0.15, -0.1) is 0 Å². The molecule has 0 amide bonds. The van der Waals surface area contributed by atoms with Gasteiger partial charge in [0.2, 0.25) is 0 Å². The van der Waals surface area contributed by atoms with E-state index >= 15 is 0 Å². The Labute approximate surface area is 122 Å². The summed E-state index contributed by atoms with van der Waals surface area (Å²) in [7, 11) is -3.22. The Balaban J connectivity index is 2.15. The van der Waals surface area contributed by atoms with Crippen molar-refractivity contribution in [2.24, 2.45) is 23.3 Å². The van der Waals surface area contributed by atoms with Gasteiger partial charge in [-0.05, 0) is 42.7 Å². The van der Waals surface area contributed by atoms with Crippen LogP contribution in [0.3, 0.4) is 0 Å². The molecule has 0 unspecified atom stereocenters. The molecule has 4 heteroatoms. The molecule has 0 spiro atoms.